The fourth-order valence-corrected chi connectivity index (χ4v) is 4.44. The summed E-state index contributed by atoms with van der Waals surface area (Å²) in [6.45, 7) is 4.15. The highest BCUT2D eigenvalue weighted by Crippen LogP contribution is 2.29. The number of aryl methyl sites for hydroxylation is 1. The van der Waals surface area contributed by atoms with E-state index in [-0.39, 0.29) is 17.9 Å². The number of anilines is 1. The van der Waals surface area contributed by atoms with E-state index in [0.29, 0.717) is 20.5 Å². The molecule has 1 aromatic heterocycles. The molecule has 4 nitrogen and oxygen atoms in total. The van der Waals surface area contributed by atoms with Crippen LogP contribution in [0.15, 0.2) is 30.3 Å². The van der Waals surface area contributed by atoms with E-state index in [4.69, 9.17) is 11.6 Å². The van der Waals surface area contributed by atoms with Gasteiger partial charge in [-0.25, -0.2) is 0 Å². The Morgan fingerprint density at radius 2 is 1.81 bits per heavy atom. The molecule has 1 aromatic carbocycles. The summed E-state index contributed by atoms with van der Waals surface area (Å²) in [5.74, 6) is 0.425. The predicted octanol–water partition coefficient (Wildman–Crippen LogP) is 5.27. The van der Waals surface area contributed by atoms with Crippen LogP contribution in [0.4, 0.5) is 5.00 Å². The first-order chi connectivity index (χ1) is 12.4. The fourth-order valence-electron chi connectivity index (χ4n) is 3.25. The van der Waals surface area contributed by atoms with E-state index < -0.39 is 0 Å². The normalized spacial score (nSPS) is 19.8. The van der Waals surface area contributed by atoms with Crippen LogP contribution in [0.1, 0.15) is 58.2 Å². The summed E-state index contributed by atoms with van der Waals surface area (Å²) in [6, 6.07) is 8.99. The summed E-state index contributed by atoms with van der Waals surface area (Å²) in [5, 5.41) is 7.03. The molecule has 2 amide bonds. The number of nitrogens with one attached hydrogen (secondary N) is 2. The smallest absolute Gasteiger partial charge is 0.261 e. The maximum absolute atomic E-state index is 12.6. The SMILES string of the molecule is Cc1cc(NC(=O)c2ccccc2Cl)sc1C(=O)NC1CCC(C)CC1. The molecule has 0 saturated heterocycles. The van der Waals surface area contributed by atoms with Gasteiger partial charge in [0.15, 0.2) is 0 Å². The standard InChI is InChI=1S/C20H23ClN2O2S/c1-12-7-9-14(10-8-12)22-20(25)18-13(2)11-17(26-18)23-19(24)15-5-3-4-6-16(15)21/h3-6,11-12,14H,7-10H2,1-2H3,(H,22,25)(H,23,24). The van der Waals surface area contributed by atoms with E-state index in [1.807, 2.05) is 13.0 Å². The van der Waals surface area contributed by atoms with Crippen LogP contribution in [0.5, 0.6) is 0 Å². The Bertz CT molecular complexity index is 810. The highest BCUT2D eigenvalue weighted by molar-refractivity contribution is 7.18. The van der Waals surface area contributed by atoms with Crippen LogP contribution in [0.2, 0.25) is 5.02 Å². The Morgan fingerprint density at radius 1 is 1.12 bits per heavy atom. The van der Waals surface area contributed by atoms with E-state index in [1.54, 1.807) is 24.3 Å². The number of carbonyl (C=O) groups excluding carboxylic acids is 2. The summed E-state index contributed by atoms with van der Waals surface area (Å²) in [5.41, 5.74) is 1.29. The molecule has 2 aromatic rings. The quantitative estimate of drug-likeness (QED) is 0.746. The first kappa shape index (κ1) is 18.9. The van der Waals surface area contributed by atoms with Gasteiger partial charge in [-0.15, -0.1) is 11.3 Å². The van der Waals surface area contributed by atoms with Gasteiger partial charge in [0.1, 0.15) is 0 Å². The van der Waals surface area contributed by atoms with E-state index in [0.717, 1.165) is 37.2 Å². The summed E-state index contributed by atoms with van der Waals surface area (Å²) in [6.07, 6.45) is 4.39. The largest absolute Gasteiger partial charge is 0.349 e. The molecular weight excluding hydrogens is 368 g/mol. The third kappa shape index (κ3) is 4.46. The van der Waals surface area contributed by atoms with E-state index in [9.17, 15) is 9.59 Å². The Morgan fingerprint density at radius 3 is 2.50 bits per heavy atom. The molecule has 0 bridgehead atoms. The zero-order valence-corrected chi connectivity index (χ0v) is 16.5. The summed E-state index contributed by atoms with van der Waals surface area (Å²) < 4.78 is 0. The van der Waals surface area contributed by atoms with Crippen LogP contribution in [-0.2, 0) is 0 Å². The molecule has 0 radical (unpaired) electrons. The first-order valence-corrected chi connectivity index (χ1v) is 10.1. The van der Waals surface area contributed by atoms with Gasteiger partial charge in [0.05, 0.1) is 20.5 Å². The third-order valence-electron chi connectivity index (χ3n) is 4.83. The molecule has 2 N–H and O–H groups in total. The van der Waals surface area contributed by atoms with Crippen molar-refractivity contribution in [2.75, 3.05) is 5.32 Å². The van der Waals surface area contributed by atoms with Gasteiger partial charge in [0.2, 0.25) is 0 Å². The van der Waals surface area contributed by atoms with Crippen LogP contribution in [0.25, 0.3) is 0 Å². The zero-order chi connectivity index (χ0) is 18.7. The summed E-state index contributed by atoms with van der Waals surface area (Å²) >= 11 is 7.37. The Hall–Kier alpha value is -1.85. The predicted molar refractivity (Wildman–Crippen MR) is 107 cm³/mol. The lowest BCUT2D eigenvalue weighted by Crippen LogP contribution is -2.37. The van der Waals surface area contributed by atoms with Gasteiger partial charge < -0.3 is 10.6 Å². The van der Waals surface area contributed by atoms with Crippen molar-refractivity contribution >= 4 is 39.8 Å². The number of hydrogen-bond acceptors (Lipinski definition) is 3. The minimum absolute atomic E-state index is 0.0507. The van der Waals surface area contributed by atoms with Crippen molar-refractivity contribution in [3.63, 3.8) is 0 Å². The monoisotopic (exact) mass is 390 g/mol. The van der Waals surface area contributed by atoms with Crippen molar-refractivity contribution in [1.82, 2.24) is 5.32 Å². The average Bonchev–Trinajstić information content (AvgIpc) is 2.97. The molecule has 0 atom stereocenters. The molecule has 1 fully saturated rings. The van der Waals surface area contributed by atoms with Gasteiger partial charge in [-0.05, 0) is 62.3 Å². The lowest BCUT2D eigenvalue weighted by molar-refractivity contribution is 0.0926. The number of carbonyl (C=O) groups is 2. The highest BCUT2D eigenvalue weighted by Gasteiger charge is 2.22. The highest BCUT2D eigenvalue weighted by atomic mass is 35.5. The van der Waals surface area contributed by atoms with Crippen LogP contribution in [0.3, 0.4) is 0 Å². The maximum atomic E-state index is 12.6. The molecular formula is C20H23ClN2O2S. The lowest BCUT2D eigenvalue weighted by Gasteiger charge is -2.26. The molecule has 1 aliphatic carbocycles. The molecule has 0 aliphatic heterocycles. The fraction of sp³-hybridized carbons (Fsp3) is 0.400. The minimum Gasteiger partial charge on any atom is -0.349 e. The third-order valence-corrected chi connectivity index (χ3v) is 6.31. The maximum Gasteiger partial charge on any atom is 0.261 e. The molecule has 3 rings (SSSR count). The summed E-state index contributed by atoms with van der Waals surface area (Å²) in [7, 11) is 0. The van der Waals surface area contributed by atoms with E-state index >= 15 is 0 Å². The van der Waals surface area contributed by atoms with Crippen LogP contribution in [0, 0.1) is 12.8 Å². The topological polar surface area (TPSA) is 58.2 Å². The number of benzene rings is 1. The van der Waals surface area contributed by atoms with Gasteiger partial charge in [0.25, 0.3) is 11.8 Å². The number of halogens is 1. The molecule has 0 spiro atoms. The van der Waals surface area contributed by atoms with Gasteiger partial charge >= 0.3 is 0 Å². The molecule has 1 aliphatic rings. The van der Waals surface area contributed by atoms with Gasteiger partial charge in [0, 0.05) is 6.04 Å². The van der Waals surface area contributed by atoms with Crippen molar-refractivity contribution in [1.29, 1.82) is 0 Å². The molecule has 1 saturated carbocycles. The van der Waals surface area contributed by atoms with Gasteiger partial charge in [-0.1, -0.05) is 30.7 Å². The molecule has 138 valence electrons. The zero-order valence-electron chi connectivity index (χ0n) is 15.0. The van der Waals surface area contributed by atoms with E-state index in [2.05, 4.69) is 17.6 Å². The van der Waals surface area contributed by atoms with Crippen molar-refractivity contribution < 1.29 is 9.59 Å². The second-order valence-corrected chi connectivity index (χ2v) is 8.45. The minimum atomic E-state index is -0.273. The number of rotatable bonds is 4. The van der Waals surface area contributed by atoms with Crippen molar-refractivity contribution in [3.05, 3.63) is 51.4 Å². The Kier molecular flexibility index (Phi) is 5.99. The Balaban J connectivity index is 1.66. The van der Waals surface area contributed by atoms with Crippen LogP contribution < -0.4 is 10.6 Å². The molecule has 6 heteroatoms. The van der Waals surface area contributed by atoms with Gasteiger partial charge in [-0.3, -0.25) is 9.59 Å². The van der Waals surface area contributed by atoms with Crippen LogP contribution in [-0.4, -0.2) is 17.9 Å². The summed E-state index contributed by atoms with van der Waals surface area (Å²) in [4.78, 5) is 25.6. The van der Waals surface area contributed by atoms with Crippen LogP contribution >= 0.6 is 22.9 Å². The van der Waals surface area contributed by atoms with Crippen molar-refractivity contribution in [2.24, 2.45) is 5.92 Å². The Labute approximate surface area is 162 Å². The number of amides is 2. The number of hydrogen-bond donors (Lipinski definition) is 2. The van der Waals surface area contributed by atoms with E-state index in [1.165, 1.54) is 11.3 Å². The lowest BCUT2D eigenvalue weighted by atomic mass is 9.87. The van der Waals surface area contributed by atoms with Crippen molar-refractivity contribution in [3.8, 4) is 0 Å². The second kappa shape index (κ2) is 8.23. The average molecular weight is 391 g/mol. The molecule has 26 heavy (non-hydrogen) atoms. The first-order valence-electron chi connectivity index (χ1n) is 8.91. The second-order valence-electron chi connectivity index (χ2n) is 6.99. The molecule has 0 unspecified atom stereocenters. The van der Waals surface area contributed by atoms with Crippen molar-refractivity contribution in [2.45, 2.75) is 45.6 Å². The number of thiophene rings is 1. The molecule has 1 heterocycles. The van der Waals surface area contributed by atoms with Gasteiger partial charge in [-0.2, -0.15) is 0 Å².